The van der Waals surface area contributed by atoms with E-state index in [-0.39, 0.29) is 37.7 Å². The molecule has 0 atom stereocenters. The maximum absolute atomic E-state index is 13.8. The molecule has 1 fully saturated rings. The minimum Gasteiger partial charge on any atom is -0.353 e. The molecule has 0 spiro atoms. The van der Waals surface area contributed by atoms with Gasteiger partial charge in [0.2, 0.25) is 15.8 Å². The fourth-order valence-electron chi connectivity index (χ4n) is 3.71. The number of anilines is 1. The van der Waals surface area contributed by atoms with E-state index in [2.05, 4.69) is 9.97 Å². The summed E-state index contributed by atoms with van der Waals surface area (Å²) >= 11 is 0. The highest BCUT2D eigenvalue weighted by molar-refractivity contribution is 7.88. The van der Waals surface area contributed by atoms with Crippen molar-refractivity contribution in [1.82, 2.24) is 14.3 Å². The van der Waals surface area contributed by atoms with Gasteiger partial charge >= 0.3 is 6.18 Å². The molecule has 1 aliphatic rings. The molecular weight excluding hydrogens is 441 g/mol. The van der Waals surface area contributed by atoms with Gasteiger partial charge in [0.25, 0.3) is 0 Å². The lowest BCUT2D eigenvalue weighted by Crippen LogP contribution is -2.48. The monoisotopic (exact) mass is 462 g/mol. The maximum atomic E-state index is 13.8. The summed E-state index contributed by atoms with van der Waals surface area (Å²) in [6.45, 7) is 0.767. The highest BCUT2D eigenvalue weighted by Gasteiger charge is 2.38. The summed E-state index contributed by atoms with van der Waals surface area (Å²) < 4.78 is 66.3. The fraction of sp³-hybridized carbons (Fsp3) is 0.273. The zero-order valence-electron chi connectivity index (χ0n) is 17.2. The zero-order valence-corrected chi connectivity index (χ0v) is 18.1. The van der Waals surface area contributed by atoms with Crippen molar-refractivity contribution in [2.75, 3.05) is 37.3 Å². The minimum absolute atomic E-state index is 0.144. The average molecular weight is 462 g/mol. The highest BCUT2D eigenvalue weighted by atomic mass is 32.2. The van der Waals surface area contributed by atoms with E-state index in [0.717, 1.165) is 6.26 Å². The van der Waals surface area contributed by atoms with Crippen LogP contribution in [0.15, 0.2) is 60.7 Å². The topological polar surface area (TPSA) is 66.4 Å². The molecule has 1 aromatic heterocycles. The third kappa shape index (κ3) is 4.61. The van der Waals surface area contributed by atoms with Crippen LogP contribution in [0, 0.1) is 0 Å². The van der Waals surface area contributed by atoms with Gasteiger partial charge in [-0.3, -0.25) is 0 Å². The molecule has 1 saturated heterocycles. The summed E-state index contributed by atoms with van der Waals surface area (Å²) in [5.74, 6) is -1.08. The normalized spacial score (nSPS) is 15.7. The molecule has 1 aliphatic heterocycles. The molecule has 0 bridgehead atoms. The Morgan fingerprint density at radius 1 is 0.812 bits per heavy atom. The lowest BCUT2D eigenvalue weighted by atomic mass is 9.98. The number of sulfonamides is 1. The van der Waals surface area contributed by atoms with Crippen LogP contribution in [-0.4, -0.2) is 55.1 Å². The maximum Gasteiger partial charge on any atom is 0.451 e. The second-order valence-corrected chi connectivity index (χ2v) is 9.46. The van der Waals surface area contributed by atoms with Crippen molar-refractivity contribution >= 4 is 15.8 Å². The van der Waals surface area contributed by atoms with Crippen LogP contribution < -0.4 is 4.90 Å². The molecule has 10 heteroatoms. The Morgan fingerprint density at radius 3 is 1.84 bits per heavy atom. The van der Waals surface area contributed by atoms with Crippen LogP contribution in [0.3, 0.4) is 0 Å². The molecule has 0 amide bonds. The molecule has 168 valence electrons. The summed E-state index contributed by atoms with van der Waals surface area (Å²) in [4.78, 5) is 9.57. The van der Waals surface area contributed by atoms with Crippen LogP contribution >= 0.6 is 0 Å². The third-order valence-corrected chi connectivity index (χ3v) is 6.56. The Kier molecular flexibility index (Phi) is 5.91. The van der Waals surface area contributed by atoms with E-state index in [9.17, 15) is 21.6 Å². The van der Waals surface area contributed by atoms with Crippen LogP contribution in [0.2, 0.25) is 0 Å². The van der Waals surface area contributed by atoms with Gasteiger partial charge in [-0.2, -0.15) is 17.5 Å². The standard InChI is InChI=1S/C22H21F3N4O2S/c1-32(30,31)29-14-12-28(13-15-29)20-18(16-8-4-2-5-9-16)19(17-10-6-3-7-11-17)26-21(27-20)22(23,24)25/h2-11H,12-15H2,1H3. The van der Waals surface area contributed by atoms with E-state index < -0.39 is 22.0 Å². The van der Waals surface area contributed by atoms with E-state index in [1.54, 1.807) is 59.5 Å². The van der Waals surface area contributed by atoms with Gasteiger partial charge in [-0.05, 0) is 5.56 Å². The lowest BCUT2D eigenvalue weighted by molar-refractivity contribution is -0.144. The van der Waals surface area contributed by atoms with Crippen molar-refractivity contribution in [3.63, 3.8) is 0 Å². The van der Waals surface area contributed by atoms with E-state index in [0.29, 0.717) is 16.7 Å². The van der Waals surface area contributed by atoms with Gasteiger partial charge < -0.3 is 4.90 Å². The smallest absolute Gasteiger partial charge is 0.353 e. The van der Waals surface area contributed by atoms with Gasteiger partial charge in [-0.15, -0.1) is 0 Å². The Morgan fingerprint density at radius 2 is 1.34 bits per heavy atom. The number of piperazine rings is 1. The fourth-order valence-corrected chi connectivity index (χ4v) is 4.54. The second-order valence-electron chi connectivity index (χ2n) is 7.47. The Hall–Kier alpha value is -2.98. The Labute approximate surface area is 184 Å². The van der Waals surface area contributed by atoms with Crippen LogP contribution in [-0.2, 0) is 16.2 Å². The first kappa shape index (κ1) is 22.2. The summed E-state index contributed by atoms with van der Waals surface area (Å²) in [6, 6.07) is 17.7. The zero-order chi connectivity index (χ0) is 22.9. The van der Waals surface area contributed by atoms with Gasteiger partial charge in [0.1, 0.15) is 5.82 Å². The summed E-state index contributed by atoms with van der Waals surface area (Å²) in [5, 5.41) is 0. The number of hydrogen-bond acceptors (Lipinski definition) is 5. The van der Waals surface area contributed by atoms with Gasteiger partial charge in [0.05, 0.1) is 17.5 Å². The first-order chi connectivity index (χ1) is 15.1. The molecule has 0 radical (unpaired) electrons. The van der Waals surface area contributed by atoms with E-state index in [1.807, 2.05) is 6.07 Å². The quantitative estimate of drug-likeness (QED) is 0.588. The van der Waals surface area contributed by atoms with E-state index >= 15 is 0 Å². The molecule has 4 rings (SSSR count). The Bertz CT molecular complexity index is 1200. The van der Waals surface area contributed by atoms with Gasteiger partial charge in [-0.25, -0.2) is 18.4 Å². The average Bonchev–Trinajstić information content (AvgIpc) is 2.78. The molecule has 0 saturated carbocycles. The van der Waals surface area contributed by atoms with Crippen LogP contribution in [0.5, 0.6) is 0 Å². The van der Waals surface area contributed by atoms with Crippen LogP contribution in [0.25, 0.3) is 22.4 Å². The molecule has 0 unspecified atom stereocenters. The number of alkyl halides is 3. The first-order valence-electron chi connectivity index (χ1n) is 9.95. The lowest BCUT2D eigenvalue weighted by Gasteiger charge is -2.35. The number of benzene rings is 2. The molecule has 6 nitrogen and oxygen atoms in total. The highest BCUT2D eigenvalue weighted by Crippen LogP contribution is 2.40. The van der Waals surface area contributed by atoms with Crippen molar-refractivity contribution < 1.29 is 21.6 Å². The SMILES string of the molecule is CS(=O)(=O)N1CCN(c2nc(C(F)(F)F)nc(-c3ccccc3)c2-c2ccccc2)CC1. The predicted molar refractivity (Wildman–Crippen MR) is 117 cm³/mol. The van der Waals surface area contributed by atoms with Crippen molar-refractivity contribution in [2.45, 2.75) is 6.18 Å². The molecule has 2 aromatic carbocycles. The molecule has 32 heavy (non-hydrogen) atoms. The van der Waals surface area contributed by atoms with Crippen molar-refractivity contribution in [3.05, 3.63) is 66.5 Å². The first-order valence-corrected chi connectivity index (χ1v) is 11.8. The van der Waals surface area contributed by atoms with E-state index in [4.69, 9.17) is 0 Å². The predicted octanol–water partition coefficient (Wildman–Crippen LogP) is 3.91. The van der Waals surface area contributed by atoms with Crippen molar-refractivity contribution in [1.29, 1.82) is 0 Å². The van der Waals surface area contributed by atoms with Crippen molar-refractivity contribution in [3.8, 4) is 22.4 Å². The summed E-state index contributed by atoms with van der Waals surface area (Å²) in [7, 11) is -3.38. The molecular formula is C22H21F3N4O2S. The summed E-state index contributed by atoms with van der Waals surface area (Å²) in [6.07, 6.45) is -3.61. The number of hydrogen-bond donors (Lipinski definition) is 0. The number of aromatic nitrogens is 2. The van der Waals surface area contributed by atoms with Crippen molar-refractivity contribution in [2.24, 2.45) is 0 Å². The van der Waals surface area contributed by atoms with Gasteiger partial charge in [-0.1, -0.05) is 60.7 Å². The number of nitrogens with zero attached hydrogens (tertiary/aromatic N) is 4. The third-order valence-electron chi connectivity index (χ3n) is 5.26. The molecule has 0 N–H and O–H groups in total. The van der Waals surface area contributed by atoms with Gasteiger partial charge in [0, 0.05) is 31.7 Å². The number of halogens is 3. The molecule has 3 aromatic rings. The summed E-state index contributed by atoms with van der Waals surface area (Å²) in [5.41, 5.74) is 1.88. The van der Waals surface area contributed by atoms with Crippen LogP contribution in [0.1, 0.15) is 5.82 Å². The molecule has 2 heterocycles. The van der Waals surface area contributed by atoms with Gasteiger partial charge in [0.15, 0.2) is 0 Å². The molecule has 0 aliphatic carbocycles. The largest absolute Gasteiger partial charge is 0.451 e. The van der Waals surface area contributed by atoms with E-state index in [1.165, 1.54) is 4.31 Å². The van der Waals surface area contributed by atoms with Crippen LogP contribution in [0.4, 0.5) is 19.0 Å². The Balaban J connectivity index is 1.91. The second kappa shape index (κ2) is 8.51. The minimum atomic E-state index is -4.73. The number of rotatable bonds is 4.